The first-order valence-corrected chi connectivity index (χ1v) is 10.4. The maximum atomic E-state index is 14.3. The predicted octanol–water partition coefficient (Wildman–Crippen LogP) is 4.65. The number of aryl methyl sites for hydroxylation is 1. The van der Waals surface area contributed by atoms with Crippen LogP contribution >= 0.6 is 0 Å². The number of halogens is 1. The Balaban J connectivity index is 1.57. The Bertz CT molecular complexity index is 1040. The van der Waals surface area contributed by atoms with E-state index in [1.165, 1.54) is 0 Å². The van der Waals surface area contributed by atoms with Crippen LogP contribution in [0.1, 0.15) is 12.5 Å². The average Bonchev–Trinajstić information content (AvgIpc) is 2.79. The van der Waals surface area contributed by atoms with Crippen LogP contribution in [0.25, 0.3) is 0 Å². The molecular formula is C23H26FN5O2. The van der Waals surface area contributed by atoms with E-state index in [0.717, 1.165) is 36.2 Å². The summed E-state index contributed by atoms with van der Waals surface area (Å²) in [5.74, 6) is 0.543. The van der Waals surface area contributed by atoms with Crippen LogP contribution in [0.3, 0.4) is 0 Å². The first kappa shape index (κ1) is 20.9. The van der Waals surface area contributed by atoms with Gasteiger partial charge < -0.3 is 25.0 Å². The van der Waals surface area contributed by atoms with Crippen LogP contribution < -0.4 is 20.3 Å². The highest BCUT2D eigenvalue weighted by Crippen LogP contribution is 2.32. The molecule has 1 aliphatic rings. The Morgan fingerprint density at radius 3 is 2.68 bits per heavy atom. The highest BCUT2D eigenvalue weighted by atomic mass is 19.1. The zero-order chi connectivity index (χ0) is 21.6. The van der Waals surface area contributed by atoms with Gasteiger partial charge >= 0.3 is 0 Å². The zero-order valence-electron chi connectivity index (χ0n) is 17.7. The number of nitrogens with zero attached hydrogens (tertiary/aromatic N) is 3. The summed E-state index contributed by atoms with van der Waals surface area (Å²) in [6.07, 6.45) is 1.15. The Hall–Kier alpha value is -3.39. The first-order valence-electron chi connectivity index (χ1n) is 10.4. The molecule has 2 aromatic carbocycles. The quantitative estimate of drug-likeness (QED) is 0.573. The second kappa shape index (κ2) is 9.61. The van der Waals surface area contributed by atoms with Crippen LogP contribution in [0.15, 0.2) is 48.7 Å². The van der Waals surface area contributed by atoms with Crippen molar-refractivity contribution >= 4 is 28.8 Å². The number of ether oxygens (including phenoxy) is 2. The Labute approximate surface area is 181 Å². The van der Waals surface area contributed by atoms with Gasteiger partial charge in [-0.1, -0.05) is 18.2 Å². The van der Waals surface area contributed by atoms with E-state index in [-0.39, 0.29) is 11.8 Å². The van der Waals surface area contributed by atoms with Crippen LogP contribution in [0.4, 0.5) is 33.2 Å². The van der Waals surface area contributed by atoms with Crippen molar-refractivity contribution in [2.24, 2.45) is 0 Å². The number of hydrogen-bond acceptors (Lipinski definition) is 7. The smallest absolute Gasteiger partial charge is 0.229 e. The number of anilines is 5. The van der Waals surface area contributed by atoms with Gasteiger partial charge in [0, 0.05) is 30.5 Å². The molecule has 0 unspecified atom stereocenters. The summed E-state index contributed by atoms with van der Waals surface area (Å²) in [6.45, 7) is 7.51. The number of morpholine rings is 1. The number of rotatable bonds is 7. The van der Waals surface area contributed by atoms with Crippen molar-refractivity contribution in [2.75, 3.05) is 48.4 Å². The largest absolute Gasteiger partial charge is 0.492 e. The fourth-order valence-electron chi connectivity index (χ4n) is 3.38. The fraction of sp³-hybridized carbons (Fsp3) is 0.304. The average molecular weight is 423 g/mol. The van der Waals surface area contributed by atoms with Gasteiger partial charge in [0.15, 0.2) is 11.6 Å². The third-order valence-electron chi connectivity index (χ3n) is 5.03. The lowest BCUT2D eigenvalue weighted by atomic mass is 10.2. The van der Waals surface area contributed by atoms with E-state index in [9.17, 15) is 4.39 Å². The lowest BCUT2D eigenvalue weighted by Gasteiger charge is -2.29. The highest BCUT2D eigenvalue weighted by Gasteiger charge is 2.15. The molecule has 8 heteroatoms. The predicted molar refractivity (Wildman–Crippen MR) is 120 cm³/mol. The van der Waals surface area contributed by atoms with Crippen LogP contribution in [0.5, 0.6) is 5.75 Å². The summed E-state index contributed by atoms with van der Waals surface area (Å²) in [7, 11) is 0. The maximum absolute atomic E-state index is 14.3. The normalized spacial score (nSPS) is 13.7. The molecule has 0 amide bonds. The lowest BCUT2D eigenvalue weighted by molar-refractivity contribution is 0.122. The zero-order valence-corrected chi connectivity index (χ0v) is 17.7. The van der Waals surface area contributed by atoms with E-state index < -0.39 is 5.82 Å². The van der Waals surface area contributed by atoms with Gasteiger partial charge in [-0.05, 0) is 37.6 Å². The molecule has 2 heterocycles. The minimum Gasteiger partial charge on any atom is -0.492 e. The van der Waals surface area contributed by atoms with Gasteiger partial charge in [-0.2, -0.15) is 4.98 Å². The van der Waals surface area contributed by atoms with Gasteiger partial charge in [-0.25, -0.2) is 9.37 Å². The standard InChI is InChI=1S/C23H26FN5O2/c1-3-31-21-14-17(29-10-12-30-13-11-29)8-9-20(21)27-23-25-15-18(24)22(28-23)26-19-7-5-4-6-16(19)2/h4-9,14-15H,3,10-13H2,1-2H3,(H2,25,26,27,28). The van der Waals surface area contributed by atoms with Crippen LogP contribution in [-0.4, -0.2) is 42.9 Å². The number of nitrogens with one attached hydrogen (secondary N) is 2. The SMILES string of the molecule is CCOc1cc(N2CCOCC2)ccc1Nc1ncc(F)c(Nc2ccccc2C)n1. The van der Waals surface area contributed by atoms with Crippen LogP contribution in [0.2, 0.25) is 0 Å². The fourth-order valence-corrected chi connectivity index (χ4v) is 3.38. The van der Waals surface area contributed by atoms with Crippen molar-refractivity contribution in [1.82, 2.24) is 9.97 Å². The Kier molecular flexibility index (Phi) is 6.47. The molecule has 0 radical (unpaired) electrons. The molecule has 0 bridgehead atoms. The number of hydrogen-bond donors (Lipinski definition) is 2. The highest BCUT2D eigenvalue weighted by molar-refractivity contribution is 5.69. The molecule has 0 atom stereocenters. The van der Waals surface area contributed by atoms with E-state index in [0.29, 0.717) is 31.3 Å². The summed E-state index contributed by atoms with van der Waals surface area (Å²) in [5.41, 5.74) is 3.56. The molecule has 31 heavy (non-hydrogen) atoms. The van der Waals surface area contributed by atoms with Crippen LogP contribution in [0, 0.1) is 12.7 Å². The Morgan fingerprint density at radius 2 is 1.90 bits per heavy atom. The molecule has 0 spiro atoms. The molecule has 0 saturated carbocycles. The minimum absolute atomic E-state index is 0.106. The molecular weight excluding hydrogens is 397 g/mol. The first-order chi connectivity index (χ1) is 15.1. The second-order valence-electron chi connectivity index (χ2n) is 7.17. The molecule has 162 valence electrons. The van der Waals surface area contributed by atoms with Crippen molar-refractivity contribution in [3.8, 4) is 5.75 Å². The number of aromatic nitrogens is 2. The second-order valence-corrected chi connectivity index (χ2v) is 7.17. The van der Waals surface area contributed by atoms with Crippen molar-refractivity contribution < 1.29 is 13.9 Å². The topological polar surface area (TPSA) is 71.5 Å². The molecule has 3 aromatic rings. The van der Waals surface area contributed by atoms with E-state index in [4.69, 9.17) is 9.47 Å². The van der Waals surface area contributed by atoms with E-state index in [1.54, 1.807) is 0 Å². The van der Waals surface area contributed by atoms with Crippen molar-refractivity contribution in [3.63, 3.8) is 0 Å². The third kappa shape index (κ3) is 5.03. The summed E-state index contributed by atoms with van der Waals surface area (Å²) < 4.78 is 25.6. The summed E-state index contributed by atoms with van der Waals surface area (Å²) in [6, 6.07) is 13.6. The number of para-hydroxylation sites is 1. The van der Waals surface area contributed by atoms with Crippen LogP contribution in [-0.2, 0) is 4.74 Å². The molecule has 1 aromatic heterocycles. The summed E-state index contributed by atoms with van der Waals surface area (Å²) in [4.78, 5) is 10.7. The van der Waals surface area contributed by atoms with Gasteiger partial charge in [-0.15, -0.1) is 0 Å². The minimum atomic E-state index is -0.526. The monoisotopic (exact) mass is 423 g/mol. The van der Waals surface area contributed by atoms with Crippen molar-refractivity contribution in [2.45, 2.75) is 13.8 Å². The van der Waals surface area contributed by atoms with Gasteiger partial charge in [0.1, 0.15) is 5.75 Å². The van der Waals surface area contributed by atoms with E-state index in [2.05, 4.69) is 25.5 Å². The van der Waals surface area contributed by atoms with E-state index in [1.807, 2.05) is 56.3 Å². The summed E-state index contributed by atoms with van der Waals surface area (Å²) >= 11 is 0. The van der Waals surface area contributed by atoms with Crippen molar-refractivity contribution in [3.05, 3.63) is 60.0 Å². The van der Waals surface area contributed by atoms with Gasteiger partial charge in [-0.3, -0.25) is 0 Å². The molecule has 4 rings (SSSR count). The van der Waals surface area contributed by atoms with Gasteiger partial charge in [0.2, 0.25) is 5.95 Å². The molecule has 1 saturated heterocycles. The molecule has 1 aliphatic heterocycles. The Morgan fingerprint density at radius 1 is 1.10 bits per heavy atom. The molecule has 0 aliphatic carbocycles. The van der Waals surface area contributed by atoms with E-state index >= 15 is 0 Å². The van der Waals surface area contributed by atoms with Gasteiger partial charge in [0.05, 0.1) is 31.7 Å². The summed E-state index contributed by atoms with van der Waals surface area (Å²) in [5, 5.41) is 6.20. The van der Waals surface area contributed by atoms with Crippen molar-refractivity contribution in [1.29, 1.82) is 0 Å². The molecule has 1 fully saturated rings. The van der Waals surface area contributed by atoms with Gasteiger partial charge in [0.25, 0.3) is 0 Å². The molecule has 7 nitrogen and oxygen atoms in total. The number of benzene rings is 2. The third-order valence-corrected chi connectivity index (χ3v) is 5.03. The molecule has 2 N–H and O–H groups in total. The maximum Gasteiger partial charge on any atom is 0.229 e. The lowest BCUT2D eigenvalue weighted by Crippen LogP contribution is -2.36.